The average molecular weight is 375 g/mol. The van der Waals surface area contributed by atoms with Gasteiger partial charge in [-0.3, -0.25) is 10.1 Å². The van der Waals surface area contributed by atoms with Crippen LogP contribution in [-0.4, -0.2) is 30.3 Å². The number of H-pyrrole nitrogens is 1. The Morgan fingerprint density at radius 3 is 2.43 bits per heavy atom. The number of anilines is 1. The van der Waals surface area contributed by atoms with Crippen LogP contribution in [0.4, 0.5) is 5.95 Å². The standard InChI is InChI=1S/C20H21N7O/c1-12(2)20(3,18-6-17(28-27-18)14-9-25-26-10-14)15-4-5-16(22-11-15)13-7-23-19(21)24-8-13/h4-12H,1-3H3,(H,25,26)(H2,21,23,24)/t20-/m1/s1. The Labute approximate surface area is 162 Å². The summed E-state index contributed by atoms with van der Waals surface area (Å²) >= 11 is 0. The molecule has 4 rings (SSSR count). The number of nitrogens with zero attached hydrogens (tertiary/aromatic N) is 5. The van der Waals surface area contributed by atoms with E-state index in [-0.39, 0.29) is 17.3 Å². The lowest BCUT2D eigenvalue weighted by Crippen LogP contribution is -2.30. The number of nitrogens with two attached hydrogens (primary N) is 1. The van der Waals surface area contributed by atoms with Crippen molar-refractivity contribution in [1.29, 1.82) is 0 Å². The van der Waals surface area contributed by atoms with Gasteiger partial charge in [-0.2, -0.15) is 5.10 Å². The highest BCUT2D eigenvalue weighted by Gasteiger charge is 2.36. The summed E-state index contributed by atoms with van der Waals surface area (Å²) in [6, 6.07) is 5.99. The van der Waals surface area contributed by atoms with E-state index in [0.717, 1.165) is 28.1 Å². The van der Waals surface area contributed by atoms with Gasteiger partial charge in [-0.1, -0.05) is 25.1 Å². The lowest BCUT2D eigenvalue weighted by molar-refractivity contribution is 0.353. The zero-order valence-electron chi connectivity index (χ0n) is 15.9. The number of aromatic amines is 1. The van der Waals surface area contributed by atoms with Gasteiger partial charge in [0.1, 0.15) is 0 Å². The van der Waals surface area contributed by atoms with Crippen LogP contribution in [0.2, 0.25) is 0 Å². The molecule has 0 bridgehead atoms. The Bertz CT molecular complexity index is 1050. The first-order valence-electron chi connectivity index (χ1n) is 8.99. The molecule has 142 valence electrons. The van der Waals surface area contributed by atoms with Crippen molar-refractivity contribution in [1.82, 2.24) is 30.3 Å². The molecule has 0 saturated carbocycles. The molecule has 3 N–H and O–H groups in total. The molecule has 0 aromatic carbocycles. The summed E-state index contributed by atoms with van der Waals surface area (Å²) in [4.78, 5) is 12.7. The summed E-state index contributed by atoms with van der Waals surface area (Å²) in [5.41, 5.74) is 9.56. The van der Waals surface area contributed by atoms with Crippen molar-refractivity contribution < 1.29 is 4.52 Å². The third kappa shape index (κ3) is 3.02. The van der Waals surface area contributed by atoms with Gasteiger partial charge < -0.3 is 10.3 Å². The second-order valence-corrected chi connectivity index (χ2v) is 7.18. The average Bonchev–Trinajstić information content (AvgIpc) is 3.40. The van der Waals surface area contributed by atoms with Crippen molar-refractivity contribution in [3.63, 3.8) is 0 Å². The summed E-state index contributed by atoms with van der Waals surface area (Å²) < 4.78 is 5.57. The van der Waals surface area contributed by atoms with Crippen LogP contribution in [-0.2, 0) is 5.41 Å². The van der Waals surface area contributed by atoms with Crippen LogP contribution in [0.15, 0.2) is 53.7 Å². The molecule has 0 spiro atoms. The minimum Gasteiger partial charge on any atom is -0.368 e. The van der Waals surface area contributed by atoms with Crippen molar-refractivity contribution in [2.75, 3.05) is 5.73 Å². The molecule has 8 nitrogen and oxygen atoms in total. The van der Waals surface area contributed by atoms with Crippen molar-refractivity contribution in [2.45, 2.75) is 26.2 Å². The maximum absolute atomic E-state index is 5.57. The Morgan fingerprint density at radius 2 is 1.82 bits per heavy atom. The number of aromatic nitrogens is 6. The molecule has 4 heterocycles. The Balaban J connectivity index is 1.70. The van der Waals surface area contributed by atoms with E-state index in [2.05, 4.69) is 57.1 Å². The number of nitrogen functional groups attached to an aromatic ring is 1. The number of hydrogen-bond acceptors (Lipinski definition) is 7. The molecule has 0 unspecified atom stereocenters. The highest BCUT2D eigenvalue weighted by atomic mass is 16.5. The van der Waals surface area contributed by atoms with E-state index in [1.165, 1.54) is 0 Å². The maximum Gasteiger partial charge on any atom is 0.219 e. The molecule has 0 radical (unpaired) electrons. The molecule has 8 heteroatoms. The van der Waals surface area contributed by atoms with Gasteiger partial charge in [0, 0.05) is 41.8 Å². The van der Waals surface area contributed by atoms with Crippen molar-refractivity contribution >= 4 is 5.95 Å². The van der Waals surface area contributed by atoms with E-state index in [1.54, 1.807) is 24.8 Å². The van der Waals surface area contributed by atoms with E-state index in [0.29, 0.717) is 5.76 Å². The predicted molar refractivity (Wildman–Crippen MR) is 105 cm³/mol. The van der Waals surface area contributed by atoms with Crippen LogP contribution in [0.1, 0.15) is 32.0 Å². The van der Waals surface area contributed by atoms with Crippen molar-refractivity contribution in [3.8, 4) is 22.6 Å². The minimum atomic E-state index is -0.366. The highest BCUT2D eigenvalue weighted by molar-refractivity contribution is 5.58. The SMILES string of the molecule is CC(C)[C@](C)(c1ccc(-c2cnc(N)nc2)nc1)c1cc(-c2cn[nH]c2)on1. The van der Waals surface area contributed by atoms with Gasteiger partial charge in [-0.25, -0.2) is 9.97 Å². The van der Waals surface area contributed by atoms with E-state index >= 15 is 0 Å². The first-order chi connectivity index (χ1) is 13.5. The second-order valence-electron chi connectivity index (χ2n) is 7.18. The number of hydrogen-bond donors (Lipinski definition) is 2. The molecule has 4 aromatic rings. The summed E-state index contributed by atoms with van der Waals surface area (Å²) in [5.74, 6) is 1.19. The number of nitrogens with one attached hydrogen (secondary N) is 1. The van der Waals surface area contributed by atoms with Gasteiger partial charge in [0.05, 0.1) is 23.1 Å². The maximum atomic E-state index is 5.57. The van der Waals surface area contributed by atoms with E-state index < -0.39 is 0 Å². The lowest BCUT2D eigenvalue weighted by atomic mass is 9.71. The quantitative estimate of drug-likeness (QED) is 0.548. The summed E-state index contributed by atoms with van der Waals surface area (Å²) in [7, 11) is 0. The molecule has 0 amide bonds. The molecule has 0 aliphatic heterocycles. The fourth-order valence-corrected chi connectivity index (χ4v) is 3.16. The topological polar surface area (TPSA) is 119 Å². The second kappa shape index (κ2) is 6.88. The van der Waals surface area contributed by atoms with Crippen molar-refractivity contribution in [3.05, 3.63) is 60.4 Å². The summed E-state index contributed by atoms with van der Waals surface area (Å²) in [6.45, 7) is 6.47. The molecule has 0 aliphatic rings. The molecular weight excluding hydrogens is 354 g/mol. The van der Waals surface area contributed by atoms with E-state index in [1.807, 2.05) is 18.3 Å². The first-order valence-corrected chi connectivity index (χ1v) is 8.99. The normalized spacial score (nSPS) is 13.6. The Hall–Kier alpha value is -3.55. The molecule has 0 aliphatic carbocycles. The third-order valence-corrected chi connectivity index (χ3v) is 5.31. The monoisotopic (exact) mass is 375 g/mol. The van der Waals surface area contributed by atoms with Gasteiger partial charge in [0.15, 0.2) is 5.76 Å². The van der Waals surface area contributed by atoms with Crippen LogP contribution in [0.25, 0.3) is 22.6 Å². The zero-order chi connectivity index (χ0) is 19.7. The molecule has 1 atom stereocenters. The van der Waals surface area contributed by atoms with Crippen LogP contribution < -0.4 is 5.73 Å². The zero-order valence-corrected chi connectivity index (χ0v) is 15.9. The first kappa shape index (κ1) is 17.8. The van der Waals surface area contributed by atoms with Crippen LogP contribution >= 0.6 is 0 Å². The summed E-state index contributed by atoms with van der Waals surface area (Å²) in [5, 5.41) is 11.1. The van der Waals surface area contributed by atoms with E-state index in [4.69, 9.17) is 10.3 Å². The third-order valence-electron chi connectivity index (χ3n) is 5.31. The highest BCUT2D eigenvalue weighted by Crippen LogP contribution is 2.39. The van der Waals surface area contributed by atoms with Gasteiger partial charge in [0.2, 0.25) is 5.95 Å². The predicted octanol–water partition coefficient (Wildman–Crippen LogP) is 3.46. The van der Waals surface area contributed by atoms with Crippen LogP contribution in [0.5, 0.6) is 0 Å². The minimum absolute atomic E-state index is 0.243. The van der Waals surface area contributed by atoms with Gasteiger partial charge >= 0.3 is 0 Å². The van der Waals surface area contributed by atoms with Gasteiger partial charge in [0.25, 0.3) is 0 Å². The molecule has 0 saturated heterocycles. The Kier molecular flexibility index (Phi) is 4.38. The fraction of sp³-hybridized carbons (Fsp3) is 0.250. The number of rotatable bonds is 5. The molecule has 4 aromatic heterocycles. The molecule has 28 heavy (non-hydrogen) atoms. The van der Waals surface area contributed by atoms with Crippen LogP contribution in [0, 0.1) is 5.92 Å². The van der Waals surface area contributed by atoms with Crippen molar-refractivity contribution in [2.24, 2.45) is 5.92 Å². The molecule has 0 fully saturated rings. The molecular formula is C20H21N7O. The van der Waals surface area contributed by atoms with Crippen LogP contribution in [0.3, 0.4) is 0 Å². The van der Waals surface area contributed by atoms with Gasteiger partial charge in [-0.05, 0) is 24.5 Å². The number of pyridine rings is 1. The fourth-order valence-electron chi connectivity index (χ4n) is 3.16. The largest absolute Gasteiger partial charge is 0.368 e. The Morgan fingerprint density at radius 1 is 1.04 bits per heavy atom. The van der Waals surface area contributed by atoms with E-state index in [9.17, 15) is 0 Å². The smallest absolute Gasteiger partial charge is 0.219 e. The van der Waals surface area contributed by atoms with Gasteiger partial charge in [-0.15, -0.1) is 0 Å². The summed E-state index contributed by atoms with van der Waals surface area (Å²) in [6.07, 6.45) is 8.70. The lowest BCUT2D eigenvalue weighted by Gasteiger charge is -2.32.